The van der Waals surface area contributed by atoms with Crippen LogP contribution in [0.15, 0.2) is 22.6 Å². The van der Waals surface area contributed by atoms with Gasteiger partial charge < -0.3 is 5.73 Å². The van der Waals surface area contributed by atoms with Crippen molar-refractivity contribution in [2.24, 2.45) is 0 Å². The minimum Gasteiger partial charge on any atom is -0.375 e. The number of hydrogen-bond donors (Lipinski definition) is 1. The molecule has 2 rings (SSSR count). The molecule has 0 unspecified atom stereocenters. The van der Waals surface area contributed by atoms with Crippen molar-refractivity contribution in [3.8, 4) is 0 Å². The van der Waals surface area contributed by atoms with Gasteiger partial charge in [-0.1, -0.05) is 0 Å². The minimum atomic E-state index is -0.0101. The van der Waals surface area contributed by atoms with Gasteiger partial charge in [0, 0.05) is 24.3 Å². The lowest BCUT2D eigenvalue weighted by molar-refractivity contribution is 0.663. The first kappa shape index (κ1) is 9.97. The molecule has 0 aromatic carbocycles. The van der Waals surface area contributed by atoms with E-state index in [2.05, 4.69) is 4.98 Å². The van der Waals surface area contributed by atoms with E-state index in [4.69, 9.17) is 5.73 Å². The van der Waals surface area contributed by atoms with E-state index in [1.165, 1.54) is 11.3 Å². The molecule has 2 heterocycles. The highest BCUT2D eigenvalue weighted by Crippen LogP contribution is 2.11. The van der Waals surface area contributed by atoms with Crippen LogP contribution in [0.5, 0.6) is 0 Å². The van der Waals surface area contributed by atoms with Crippen molar-refractivity contribution < 1.29 is 0 Å². The molecule has 0 amide bonds. The Morgan fingerprint density at radius 1 is 1.47 bits per heavy atom. The van der Waals surface area contributed by atoms with Gasteiger partial charge in [-0.25, -0.2) is 9.78 Å². The lowest BCUT2D eigenvalue weighted by Gasteiger charge is -1.97. The zero-order valence-corrected chi connectivity index (χ0v) is 9.20. The van der Waals surface area contributed by atoms with Crippen LogP contribution in [-0.4, -0.2) is 14.1 Å². The van der Waals surface area contributed by atoms with E-state index in [1.807, 2.05) is 12.3 Å². The van der Waals surface area contributed by atoms with Crippen molar-refractivity contribution in [2.45, 2.75) is 20.0 Å². The fourth-order valence-corrected chi connectivity index (χ4v) is 1.94. The monoisotopic (exact) mass is 224 g/mol. The first-order valence-corrected chi connectivity index (χ1v) is 5.54. The topological polar surface area (TPSA) is 65.8 Å². The second-order valence-electron chi connectivity index (χ2n) is 3.17. The third kappa shape index (κ3) is 1.94. The van der Waals surface area contributed by atoms with Gasteiger partial charge in [-0.2, -0.15) is 0 Å². The van der Waals surface area contributed by atoms with Crippen molar-refractivity contribution in [3.63, 3.8) is 0 Å². The predicted octanol–water partition coefficient (Wildman–Crippen LogP) is 0.757. The average Bonchev–Trinajstić information content (AvgIpc) is 2.76. The van der Waals surface area contributed by atoms with E-state index >= 15 is 0 Å². The normalized spacial score (nSPS) is 10.7. The summed E-state index contributed by atoms with van der Waals surface area (Å²) in [4.78, 5) is 15.8. The van der Waals surface area contributed by atoms with Crippen LogP contribution < -0.4 is 11.4 Å². The first-order chi connectivity index (χ1) is 7.20. The van der Waals surface area contributed by atoms with Gasteiger partial charge in [0.1, 0.15) is 0 Å². The highest BCUT2D eigenvalue weighted by atomic mass is 32.1. The van der Waals surface area contributed by atoms with Crippen LogP contribution >= 0.6 is 11.3 Å². The van der Waals surface area contributed by atoms with Gasteiger partial charge in [0.2, 0.25) is 0 Å². The van der Waals surface area contributed by atoms with E-state index in [0.29, 0.717) is 18.2 Å². The van der Waals surface area contributed by atoms with E-state index in [1.54, 1.807) is 21.5 Å². The standard InChI is InChI=1S/C9H12N4OS/c1-2-12-3-4-13(9(12)14)5-7-6-15-8(10)11-7/h3-4,6H,2,5H2,1H3,(H2,10,11). The number of rotatable bonds is 3. The number of nitrogens with zero attached hydrogens (tertiary/aromatic N) is 3. The minimum absolute atomic E-state index is 0.0101. The van der Waals surface area contributed by atoms with Crippen molar-refractivity contribution >= 4 is 16.5 Å². The zero-order valence-electron chi connectivity index (χ0n) is 8.38. The maximum atomic E-state index is 11.7. The molecule has 0 aliphatic carbocycles. The van der Waals surface area contributed by atoms with Crippen LogP contribution in [-0.2, 0) is 13.1 Å². The van der Waals surface area contributed by atoms with E-state index in [-0.39, 0.29) is 5.69 Å². The molecule has 80 valence electrons. The van der Waals surface area contributed by atoms with Crippen molar-refractivity contribution in [2.75, 3.05) is 5.73 Å². The maximum absolute atomic E-state index is 11.7. The molecule has 15 heavy (non-hydrogen) atoms. The second-order valence-corrected chi connectivity index (χ2v) is 4.06. The van der Waals surface area contributed by atoms with Gasteiger partial charge in [0.15, 0.2) is 5.13 Å². The molecule has 0 fully saturated rings. The van der Waals surface area contributed by atoms with Crippen LogP contribution in [0.25, 0.3) is 0 Å². The Kier molecular flexibility index (Phi) is 2.59. The Bertz CT molecular complexity index is 510. The van der Waals surface area contributed by atoms with Crippen LogP contribution in [0.2, 0.25) is 0 Å². The third-order valence-electron chi connectivity index (χ3n) is 2.16. The van der Waals surface area contributed by atoms with Gasteiger partial charge in [0.05, 0.1) is 12.2 Å². The Morgan fingerprint density at radius 2 is 2.20 bits per heavy atom. The number of aryl methyl sites for hydroxylation is 1. The molecule has 0 radical (unpaired) electrons. The van der Waals surface area contributed by atoms with Crippen LogP contribution in [0.4, 0.5) is 5.13 Å². The molecule has 0 aliphatic heterocycles. The second kappa shape index (κ2) is 3.90. The van der Waals surface area contributed by atoms with E-state index in [0.717, 1.165) is 5.69 Å². The molecule has 2 N–H and O–H groups in total. The van der Waals surface area contributed by atoms with Crippen LogP contribution in [0, 0.1) is 0 Å². The summed E-state index contributed by atoms with van der Waals surface area (Å²) in [5, 5.41) is 2.40. The number of hydrogen-bond acceptors (Lipinski definition) is 4. The predicted molar refractivity (Wildman–Crippen MR) is 60.0 cm³/mol. The summed E-state index contributed by atoms with van der Waals surface area (Å²) < 4.78 is 3.27. The maximum Gasteiger partial charge on any atom is 0.328 e. The summed E-state index contributed by atoms with van der Waals surface area (Å²) in [5.41, 5.74) is 6.33. The molecular weight excluding hydrogens is 212 g/mol. The smallest absolute Gasteiger partial charge is 0.328 e. The highest BCUT2D eigenvalue weighted by molar-refractivity contribution is 7.13. The first-order valence-electron chi connectivity index (χ1n) is 4.66. The summed E-state index contributed by atoms with van der Waals surface area (Å²) >= 11 is 1.39. The zero-order chi connectivity index (χ0) is 10.8. The van der Waals surface area contributed by atoms with Gasteiger partial charge in [-0.3, -0.25) is 9.13 Å². The molecule has 6 heteroatoms. The summed E-state index contributed by atoms with van der Waals surface area (Å²) in [6.07, 6.45) is 3.54. The number of anilines is 1. The molecule has 5 nitrogen and oxygen atoms in total. The van der Waals surface area contributed by atoms with Crippen LogP contribution in [0.3, 0.4) is 0 Å². The van der Waals surface area contributed by atoms with Crippen LogP contribution in [0.1, 0.15) is 12.6 Å². The Balaban J connectivity index is 2.25. The molecule has 0 atom stereocenters. The number of aromatic nitrogens is 3. The van der Waals surface area contributed by atoms with Gasteiger partial charge >= 0.3 is 5.69 Å². The largest absolute Gasteiger partial charge is 0.375 e. The number of imidazole rings is 1. The fourth-order valence-electron chi connectivity index (χ4n) is 1.38. The van der Waals surface area contributed by atoms with Crippen molar-refractivity contribution in [3.05, 3.63) is 34.0 Å². The highest BCUT2D eigenvalue weighted by Gasteiger charge is 2.04. The van der Waals surface area contributed by atoms with Gasteiger partial charge in [-0.05, 0) is 6.92 Å². The molecule has 0 saturated carbocycles. The lowest BCUT2D eigenvalue weighted by atomic mass is 10.5. The fraction of sp³-hybridized carbons (Fsp3) is 0.333. The van der Waals surface area contributed by atoms with E-state index < -0.39 is 0 Å². The van der Waals surface area contributed by atoms with Gasteiger partial charge in [0.25, 0.3) is 0 Å². The summed E-state index contributed by atoms with van der Waals surface area (Å²) in [7, 11) is 0. The number of nitrogens with two attached hydrogens (primary N) is 1. The summed E-state index contributed by atoms with van der Waals surface area (Å²) in [5.74, 6) is 0. The third-order valence-corrected chi connectivity index (χ3v) is 2.88. The Hall–Kier alpha value is -1.56. The Morgan fingerprint density at radius 3 is 2.73 bits per heavy atom. The molecule has 0 aliphatic rings. The quantitative estimate of drug-likeness (QED) is 0.837. The molecule has 0 bridgehead atoms. The van der Waals surface area contributed by atoms with E-state index in [9.17, 15) is 4.79 Å². The van der Waals surface area contributed by atoms with Crippen molar-refractivity contribution in [1.29, 1.82) is 0 Å². The van der Waals surface area contributed by atoms with Gasteiger partial charge in [-0.15, -0.1) is 11.3 Å². The lowest BCUT2D eigenvalue weighted by Crippen LogP contribution is -2.23. The molecular formula is C9H12N4OS. The number of thiazole rings is 1. The Labute approximate surface area is 90.8 Å². The molecule has 2 aromatic rings. The summed E-state index contributed by atoms with van der Waals surface area (Å²) in [6.45, 7) is 3.11. The number of nitrogen functional groups attached to an aromatic ring is 1. The average molecular weight is 224 g/mol. The summed E-state index contributed by atoms with van der Waals surface area (Å²) in [6, 6.07) is 0. The molecule has 0 saturated heterocycles. The molecule has 0 spiro atoms. The SMILES string of the molecule is CCn1ccn(Cc2csc(N)n2)c1=O. The molecule has 2 aromatic heterocycles. The van der Waals surface area contributed by atoms with Crippen molar-refractivity contribution in [1.82, 2.24) is 14.1 Å².